The van der Waals surface area contributed by atoms with Crippen molar-refractivity contribution in [2.24, 2.45) is 0 Å². The summed E-state index contributed by atoms with van der Waals surface area (Å²) >= 11 is -1.22. The van der Waals surface area contributed by atoms with Crippen molar-refractivity contribution in [3.63, 3.8) is 0 Å². The maximum Gasteiger partial charge on any atom is 0.136 e. The summed E-state index contributed by atoms with van der Waals surface area (Å²) in [4.78, 5) is 0. The second kappa shape index (κ2) is 4.79. The topological polar surface area (TPSA) is 58.9 Å². The Morgan fingerprint density at radius 1 is 1.58 bits per heavy atom. The van der Waals surface area contributed by atoms with Gasteiger partial charge in [0.15, 0.2) is 0 Å². The van der Waals surface area contributed by atoms with Gasteiger partial charge in [-0.1, -0.05) is 0 Å². The highest BCUT2D eigenvalue weighted by Crippen LogP contribution is 2.12. The molecule has 0 rings (SSSR count). The summed E-state index contributed by atoms with van der Waals surface area (Å²) in [5, 5.41) is 6.96. The van der Waals surface area contributed by atoms with Crippen LogP contribution in [-0.2, 0) is 11.4 Å². The summed E-state index contributed by atoms with van der Waals surface area (Å²) in [6, 6.07) is 0. The molecule has 0 saturated heterocycles. The highest BCUT2D eigenvalue weighted by Gasteiger charge is 2.26. The molecule has 3 nitrogen and oxygen atoms in total. The van der Waals surface area contributed by atoms with Crippen LogP contribution >= 0.6 is 0 Å². The molecule has 1 unspecified atom stereocenters. The van der Waals surface area contributed by atoms with Gasteiger partial charge in [-0.25, -0.2) is 4.39 Å². The highest BCUT2D eigenvalue weighted by atomic mass is 32.2. The predicted octanol–water partition coefficient (Wildman–Crippen LogP) is 1.03. The van der Waals surface area contributed by atoms with E-state index in [4.69, 9.17) is 5.41 Å². The first kappa shape index (κ1) is 11.9. The predicted molar refractivity (Wildman–Crippen MR) is 49.6 cm³/mol. The second-order valence-corrected chi connectivity index (χ2v) is 5.49. The van der Waals surface area contributed by atoms with E-state index in [0.717, 1.165) is 0 Å². The fourth-order valence-corrected chi connectivity index (χ4v) is 1.15. The van der Waals surface area contributed by atoms with Crippen LogP contribution in [-0.4, -0.2) is 28.2 Å². The fourth-order valence-electron chi connectivity index (χ4n) is 0.416. The third kappa shape index (κ3) is 4.69. The van der Waals surface area contributed by atoms with Gasteiger partial charge in [0.05, 0.1) is 12.3 Å². The summed E-state index contributed by atoms with van der Waals surface area (Å²) in [6.45, 7) is 4.72. The highest BCUT2D eigenvalue weighted by molar-refractivity contribution is 7.90. The first-order valence-corrected chi connectivity index (χ1v) is 4.80. The minimum absolute atomic E-state index is 0.0559. The van der Waals surface area contributed by atoms with E-state index in [1.807, 2.05) is 20.8 Å². The molecule has 0 spiro atoms. The van der Waals surface area contributed by atoms with Gasteiger partial charge in [0.25, 0.3) is 0 Å². The van der Waals surface area contributed by atoms with Crippen LogP contribution in [0.15, 0.2) is 0 Å². The van der Waals surface area contributed by atoms with Crippen molar-refractivity contribution in [2.75, 3.05) is 13.2 Å². The van der Waals surface area contributed by atoms with Crippen molar-refractivity contribution in [2.45, 2.75) is 25.5 Å². The minimum Gasteiger partial charge on any atom is -0.598 e. The van der Waals surface area contributed by atoms with Crippen molar-refractivity contribution in [1.82, 2.24) is 4.72 Å². The minimum atomic E-state index is -1.22. The summed E-state index contributed by atoms with van der Waals surface area (Å²) in [5.41, 5.74) is -0.0763. The van der Waals surface area contributed by atoms with E-state index in [2.05, 4.69) is 4.72 Å². The van der Waals surface area contributed by atoms with Gasteiger partial charge in [0, 0.05) is 11.4 Å². The van der Waals surface area contributed by atoms with Crippen molar-refractivity contribution in [1.29, 1.82) is 5.41 Å². The van der Waals surface area contributed by atoms with Crippen LogP contribution in [0.5, 0.6) is 0 Å². The molecule has 1 atom stereocenters. The van der Waals surface area contributed by atoms with Crippen LogP contribution in [0, 0.1) is 5.41 Å². The third-order valence-electron chi connectivity index (χ3n) is 1.13. The lowest BCUT2D eigenvalue weighted by Gasteiger charge is -2.23. The average molecular weight is 194 g/mol. The molecule has 0 radical (unpaired) electrons. The van der Waals surface area contributed by atoms with E-state index >= 15 is 0 Å². The van der Waals surface area contributed by atoms with Crippen LogP contribution in [0.25, 0.3) is 0 Å². The Hall–Kier alpha value is -0.130. The Kier molecular flexibility index (Phi) is 4.74. The maximum atomic E-state index is 11.8. The Labute approximate surface area is 75.6 Å². The first-order chi connectivity index (χ1) is 5.38. The van der Waals surface area contributed by atoms with Crippen molar-refractivity contribution >= 4 is 17.1 Å². The number of halogens is 1. The molecule has 12 heavy (non-hydrogen) atoms. The lowest BCUT2D eigenvalue weighted by molar-refractivity contribution is 0.545. The molecule has 0 saturated carbocycles. The number of hydrogen-bond donors (Lipinski definition) is 2. The largest absolute Gasteiger partial charge is 0.598 e. The Balaban J connectivity index is 3.72. The average Bonchev–Trinajstić information content (AvgIpc) is 1.97. The molecule has 0 aromatic heterocycles. The second-order valence-electron chi connectivity index (χ2n) is 3.44. The Morgan fingerprint density at radius 3 is 2.42 bits per heavy atom. The van der Waals surface area contributed by atoms with Crippen molar-refractivity contribution in [3.8, 4) is 0 Å². The molecule has 0 aliphatic rings. The van der Waals surface area contributed by atoms with Crippen LogP contribution in [0.4, 0.5) is 4.39 Å². The molecular weight excluding hydrogens is 179 g/mol. The van der Waals surface area contributed by atoms with E-state index in [9.17, 15) is 8.94 Å². The molecular formula is C7H15FN2OS. The van der Waals surface area contributed by atoms with Gasteiger partial charge in [-0.2, -0.15) is 0 Å². The molecule has 72 valence electrons. The van der Waals surface area contributed by atoms with Gasteiger partial charge in [0.1, 0.15) is 11.4 Å². The lowest BCUT2D eigenvalue weighted by atomic mass is 10.3. The van der Waals surface area contributed by atoms with Crippen molar-refractivity contribution < 1.29 is 8.94 Å². The zero-order valence-corrected chi connectivity index (χ0v) is 8.43. The Bertz CT molecular complexity index is 158. The van der Waals surface area contributed by atoms with Gasteiger partial charge in [-0.05, 0) is 20.8 Å². The van der Waals surface area contributed by atoms with Crippen LogP contribution < -0.4 is 4.72 Å². The maximum absolute atomic E-state index is 11.8. The number of hydrogen-bond acceptors (Lipinski definition) is 3. The zero-order valence-electron chi connectivity index (χ0n) is 7.61. The molecule has 5 heteroatoms. The van der Waals surface area contributed by atoms with Gasteiger partial charge in [0.2, 0.25) is 0 Å². The molecule has 0 aromatic rings. The van der Waals surface area contributed by atoms with E-state index < -0.39 is 18.0 Å². The SMILES string of the molecule is CC(C)(C)[S+]([O-])NCC(=N)CF. The van der Waals surface area contributed by atoms with Crippen LogP contribution in [0.3, 0.4) is 0 Å². The molecule has 0 amide bonds. The van der Waals surface area contributed by atoms with Gasteiger partial charge in [-0.15, -0.1) is 4.72 Å². The molecule has 2 N–H and O–H groups in total. The normalized spacial score (nSPS) is 14.4. The zero-order chi connectivity index (χ0) is 9.78. The number of rotatable bonds is 4. The molecule has 0 bridgehead atoms. The Morgan fingerprint density at radius 2 is 2.08 bits per heavy atom. The molecule has 0 heterocycles. The van der Waals surface area contributed by atoms with Crippen molar-refractivity contribution in [3.05, 3.63) is 0 Å². The third-order valence-corrected chi connectivity index (χ3v) is 2.65. The smallest absolute Gasteiger partial charge is 0.136 e. The summed E-state index contributed by atoms with van der Waals surface area (Å²) in [5.74, 6) is 0. The van der Waals surface area contributed by atoms with Gasteiger partial charge >= 0.3 is 0 Å². The summed E-state index contributed by atoms with van der Waals surface area (Å²) in [6.07, 6.45) is 0. The number of alkyl halides is 1. The molecule has 0 aliphatic carbocycles. The summed E-state index contributed by atoms with van der Waals surface area (Å²) < 4.78 is 25.3. The standard InChI is InChI=1S/C7H15FN2OS/c1-7(2,3)12(11)10-5-6(9)4-8/h9-10H,4-5H2,1-3H3. The fraction of sp³-hybridized carbons (Fsp3) is 0.857. The number of nitrogens with one attached hydrogen (secondary N) is 2. The molecule has 0 aliphatic heterocycles. The van der Waals surface area contributed by atoms with E-state index in [-0.39, 0.29) is 17.0 Å². The van der Waals surface area contributed by atoms with Crippen LogP contribution in [0.1, 0.15) is 20.8 Å². The summed E-state index contributed by atoms with van der Waals surface area (Å²) in [7, 11) is 0. The lowest BCUT2D eigenvalue weighted by Crippen LogP contribution is -2.41. The quantitative estimate of drug-likeness (QED) is 0.518. The van der Waals surface area contributed by atoms with Crippen LogP contribution in [0.2, 0.25) is 0 Å². The van der Waals surface area contributed by atoms with E-state index in [0.29, 0.717) is 0 Å². The molecule has 0 fully saturated rings. The van der Waals surface area contributed by atoms with Gasteiger partial charge < -0.3 is 9.96 Å². The van der Waals surface area contributed by atoms with E-state index in [1.165, 1.54) is 0 Å². The molecule has 0 aromatic carbocycles. The van der Waals surface area contributed by atoms with Gasteiger partial charge in [-0.3, -0.25) is 0 Å². The monoisotopic (exact) mass is 194 g/mol. The first-order valence-electron chi connectivity index (χ1n) is 3.65. The van der Waals surface area contributed by atoms with E-state index in [1.54, 1.807) is 0 Å².